The van der Waals surface area contributed by atoms with E-state index in [1.54, 1.807) is 0 Å². The van der Waals surface area contributed by atoms with Gasteiger partial charge < -0.3 is 9.80 Å². The summed E-state index contributed by atoms with van der Waals surface area (Å²) in [5.74, 6) is 1.17. The van der Waals surface area contributed by atoms with Gasteiger partial charge in [-0.25, -0.2) is 0 Å². The van der Waals surface area contributed by atoms with Gasteiger partial charge >= 0.3 is 0 Å². The van der Waals surface area contributed by atoms with Crippen molar-refractivity contribution in [3.8, 4) is 0 Å². The number of hydrogen-bond acceptors (Lipinski definition) is 4. The van der Waals surface area contributed by atoms with Crippen molar-refractivity contribution in [3.63, 3.8) is 0 Å². The SMILES string of the molecule is CC(C)CN1CCN(C(=O)C2CCN(C(=O)c3cccs3)CC2)CC1. The molecule has 0 unspecified atom stereocenters. The molecule has 25 heavy (non-hydrogen) atoms. The van der Waals surface area contributed by atoms with E-state index >= 15 is 0 Å². The monoisotopic (exact) mass is 363 g/mol. The molecule has 0 radical (unpaired) electrons. The van der Waals surface area contributed by atoms with Gasteiger partial charge in [0.1, 0.15) is 0 Å². The van der Waals surface area contributed by atoms with Crippen molar-refractivity contribution >= 4 is 23.2 Å². The van der Waals surface area contributed by atoms with Crippen LogP contribution in [-0.2, 0) is 4.79 Å². The van der Waals surface area contributed by atoms with E-state index < -0.39 is 0 Å². The highest BCUT2D eigenvalue weighted by Crippen LogP contribution is 2.23. The van der Waals surface area contributed by atoms with Gasteiger partial charge in [0, 0.05) is 51.7 Å². The molecule has 0 N–H and O–H groups in total. The van der Waals surface area contributed by atoms with E-state index in [9.17, 15) is 9.59 Å². The molecule has 138 valence electrons. The summed E-state index contributed by atoms with van der Waals surface area (Å²) in [7, 11) is 0. The molecule has 2 fully saturated rings. The summed E-state index contributed by atoms with van der Waals surface area (Å²) in [5, 5.41) is 1.93. The molecule has 1 aromatic rings. The molecule has 2 saturated heterocycles. The van der Waals surface area contributed by atoms with E-state index in [0.717, 1.165) is 50.4 Å². The van der Waals surface area contributed by atoms with Gasteiger partial charge in [0.15, 0.2) is 0 Å². The van der Waals surface area contributed by atoms with Gasteiger partial charge in [-0.05, 0) is 30.2 Å². The third-order valence-electron chi connectivity index (χ3n) is 5.17. The van der Waals surface area contributed by atoms with E-state index in [-0.39, 0.29) is 11.8 Å². The van der Waals surface area contributed by atoms with E-state index in [1.165, 1.54) is 11.3 Å². The van der Waals surface area contributed by atoms with Crippen LogP contribution in [0.1, 0.15) is 36.4 Å². The zero-order chi connectivity index (χ0) is 17.8. The molecular weight excluding hydrogens is 334 g/mol. The summed E-state index contributed by atoms with van der Waals surface area (Å²) < 4.78 is 0. The number of carbonyl (C=O) groups excluding carboxylic acids is 2. The first kappa shape index (κ1) is 18.4. The fraction of sp³-hybridized carbons (Fsp3) is 0.684. The van der Waals surface area contributed by atoms with Crippen LogP contribution in [0.2, 0.25) is 0 Å². The van der Waals surface area contributed by atoms with Gasteiger partial charge in [-0.2, -0.15) is 0 Å². The predicted molar refractivity (Wildman–Crippen MR) is 101 cm³/mol. The van der Waals surface area contributed by atoms with Crippen molar-refractivity contribution < 1.29 is 9.59 Å². The van der Waals surface area contributed by atoms with Crippen LogP contribution in [0.25, 0.3) is 0 Å². The largest absolute Gasteiger partial charge is 0.340 e. The molecule has 3 heterocycles. The normalized spacial score (nSPS) is 20.3. The zero-order valence-electron chi connectivity index (χ0n) is 15.3. The fourth-order valence-electron chi connectivity index (χ4n) is 3.81. The van der Waals surface area contributed by atoms with Crippen LogP contribution in [0.3, 0.4) is 0 Å². The van der Waals surface area contributed by atoms with E-state index in [2.05, 4.69) is 18.7 Å². The van der Waals surface area contributed by atoms with E-state index in [0.29, 0.717) is 24.9 Å². The summed E-state index contributed by atoms with van der Waals surface area (Å²) in [5.41, 5.74) is 0. The molecule has 6 heteroatoms. The Morgan fingerprint density at radius 1 is 1.08 bits per heavy atom. The van der Waals surface area contributed by atoms with Crippen molar-refractivity contribution in [2.75, 3.05) is 45.8 Å². The Morgan fingerprint density at radius 2 is 1.76 bits per heavy atom. The van der Waals surface area contributed by atoms with Gasteiger partial charge in [-0.3, -0.25) is 14.5 Å². The van der Waals surface area contributed by atoms with Gasteiger partial charge in [-0.1, -0.05) is 19.9 Å². The molecule has 0 aliphatic carbocycles. The number of thiophene rings is 1. The Kier molecular flexibility index (Phi) is 6.12. The summed E-state index contributed by atoms with van der Waals surface area (Å²) in [6.07, 6.45) is 1.59. The van der Waals surface area contributed by atoms with Crippen molar-refractivity contribution in [3.05, 3.63) is 22.4 Å². The molecule has 0 atom stereocenters. The highest BCUT2D eigenvalue weighted by atomic mass is 32.1. The number of hydrogen-bond donors (Lipinski definition) is 0. The smallest absolute Gasteiger partial charge is 0.263 e. The van der Waals surface area contributed by atoms with Crippen LogP contribution in [-0.4, -0.2) is 72.3 Å². The van der Waals surface area contributed by atoms with Crippen LogP contribution < -0.4 is 0 Å². The molecule has 0 spiro atoms. The second-order valence-corrected chi connectivity index (χ2v) is 8.51. The number of nitrogens with zero attached hydrogens (tertiary/aromatic N) is 3. The van der Waals surface area contributed by atoms with E-state index in [4.69, 9.17) is 0 Å². The minimum atomic E-state index is 0.0871. The number of likely N-dealkylation sites (tertiary alicyclic amines) is 1. The summed E-state index contributed by atoms with van der Waals surface area (Å²) in [6, 6.07) is 3.79. The van der Waals surface area contributed by atoms with Crippen LogP contribution in [0.5, 0.6) is 0 Å². The second-order valence-electron chi connectivity index (χ2n) is 7.56. The molecule has 5 nitrogen and oxygen atoms in total. The number of carbonyl (C=O) groups is 2. The molecule has 0 aromatic carbocycles. The Balaban J connectivity index is 1.45. The van der Waals surface area contributed by atoms with Crippen molar-refractivity contribution in [1.82, 2.24) is 14.7 Å². The second kappa shape index (κ2) is 8.32. The van der Waals surface area contributed by atoms with Gasteiger partial charge in [0.25, 0.3) is 5.91 Å². The first-order chi connectivity index (χ1) is 12.0. The lowest BCUT2D eigenvalue weighted by Crippen LogP contribution is -2.52. The molecule has 2 amide bonds. The van der Waals surface area contributed by atoms with Crippen LogP contribution in [0.15, 0.2) is 17.5 Å². The summed E-state index contributed by atoms with van der Waals surface area (Å²) in [4.78, 5) is 32.4. The maximum absolute atomic E-state index is 12.8. The molecule has 3 rings (SSSR count). The van der Waals surface area contributed by atoms with Crippen LogP contribution in [0, 0.1) is 11.8 Å². The maximum atomic E-state index is 12.8. The van der Waals surface area contributed by atoms with Crippen molar-refractivity contribution in [2.45, 2.75) is 26.7 Å². The Labute approximate surface area is 154 Å². The predicted octanol–water partition coefficient (Wildman–Crippen LogP) is 2.40. The van der Waals surface area contributed by atoms with Gasteiger partial charge in [0.05, 0.1) is 4.88 Å². The van der Waals surface area contributed by atoms with Crippen LogP contribution >= 0.6 is 11.3 Å². The quantitative estimate of drug-likeness (QED) is 0.825. The number of amides is 2. The average molecular weight is 364 g/mol. The van der Waals surface area contributed by atoms with Gasteiger partial charge in [0.2, 0.25) is 5.91 Å². The number of rotatable bonds is 4. The van der Waals surface area contributed by atoms with Crippen molar-refractivity contribution in [2.24, 2.45) is 11.8 Å². The average Bonchev–Trinajstić information content (AvgIpc) is 3.15. The number of piperazine rings is 1. The lowest BCUT2D eigenvalue weighted by atomic mass is 9.94. The van der Waals surface area contributed by atoms with E-state index in [1.807, 2.05) is 27.3 Å². The third kappa shape index (κ3) is 4.61. The third-order valence-corrected chi connectivity index (χ3v) is 6.03. The molecule has 0 saturated carbocycles. The number of piperidine rings is 1. The Morgan fingerprint density at radius 3 is 2.32 bits per heavy atom. The first-order valence-electron chi connectivity index (χ1n) is 9.38. The lowest BCUT2D eigenvalue weighted by Gasteiger charge is -2.39. The fourth-order valence-corrected chi connectivity index (χ4v) is 4.50. The Hall–Kier alpha value is -1.40. The van der Waals surface area contributed by atoms with Gasteiger partial charge in [-0.15, -0.1) is 11.3 Å². The summed E-state index contributed by atoms with van der Waals surface area (Å²) >= 11 is 1.49. The topological polar surface area (TPSA) is 43.9 Å². The van der Waals surface area contributed by atoms with Crippen LogP contribution in [0.4, 0.5) is 0 Å². The first-order valence-corrected chi connectivity index (χ1v) is 10.3. The minimum Gasteiger partial charge on any atom is -0.340 e. The molecule has 0 bridgehead atoms. The highest BCUT2D eigenvalue weighted by Gasteiger charge is 2.32. The van der Waals surface area contributed by atoms with Crippen molar-refractivity contribution in [1.29, 1.82) is 0 Å². The highest BCUT2D eigenvalue weighted by molar-refractivity contribution is 7.12. The summed E-state index contributed by atoms with van der Waals surface area (Å²) in [6.45, 7) is 10.6. The molecule has 2 aliphatic rings. The molecule has 2 aliphatic heterocycles. The maximum Gasteiger partial charge on any atom is 0.263 e. The Bertz CT molecular complexity index is 571. The standard InChI is InChI=1S/C19H29N3O2S/c1-15(2)14-20-9-11-22(12-10-20)18(23)16-5-7-21(8-6-16)19(24)17-4-3-13-25-17/h3-4,13,15-16H,5-12,14H2,1-2H3. The molecule has 1 aromatic heterocycles. The minimum absolute atomic E-state index is 0.0871. The molecular formula is C19H29N3O2S. The zero-order valence-corrected chi connectivity index (χ0v) is 16.1. The lowest BCUT2D eigenvalue weighted by molar-refractivity contribution is -0.138.